The summed E-state index contributed by atoms with van der Waals surface area (Å²) in [5.41, 5.74) is 0. The summed E-state index contributed by atoms with van der Waals surface area (Å²) < 4.78 is 25.1. The maximum Gasteiger partial charge on any atom is 0.363 e. The lowest BCUT2D eigenvalue weighted by atomic mass is 10.5. The van der Waals surface area contributed by atoms with E-state index in [9.17, 15) is 18.5 Å². The van der Waals surface area contributed by atoms with Gasteiger partial charge in [0.25, 0.3) is 0 Å². The fourth-order valence-corrected chi connectivity index (χ4v) is 2.73. The van der Waals surface area contributed by atoms with E-state index in [1.807, 2.05) is 0 Å². The number of aliphatic hydroxyl groups is 1. The summed E-state index contributed by atoms with van der Waals surface area (Å²) in [6.07, 6.45) is 0.938. The number of hydrogen-bond donors (Lipinski definition) is 1. The third kappa shape index (κ3) is 3.00. The predicted octanol–water partition coefficient (Wildman–Crippen LogP) is -0.00730. The van der Waals surface area contributed by atoms with Crippen molar-refractivity contribution >= 4 is 15.8 Å². The molecule has 9 heteroatoms. The van der Waals surface area contributed by atoms with E-state index in [4.69, 9.17) is 5.11 Å². The number of rotatable bonds is 6. The maximum atomic E-state index is 12.0. The van der Waals surface area contributed by atoms with Crippen LogP contribution in [0.1, 0.15) is 6.92 Å². The molecule has 0 aliphatic heterocycles. The van der Waals surface area contributed by atoms with Crippen molar-refractivity contribution in [3.63, 3.8) is 0 Å². The molecule has 18 heavy (non-hydrogen) atoms. The van der Waals surface area contributed by atoms with Crippen molar-refractivity contribution in [1.29, 1.82) is 0 Å². The summed E-state index contributed by atoms with van der Waals surface area (Å²) in [4.78, 5) is 13.0. The lowest BCUT2D eigenvalue weighted by Crippen LogP contribution is -2.33. The van der Waals surface area contributed by atoms with Gasteiger partial charge in [0.2, 0.25) is 10.0 Å². The van der Waals surface area contributed by atoms with Gasteiger partial charge in [0.15, 0.2) is 6.20 Å². The molecule has 0 bridgehead atoms. The van der Waals surface area contributed by atoms with Crippen LogP contribution in [0.5, 0.6) is 0 Å². The van der Waals surface area contributed by atoms with Crippen molar-refractivity contribution < 1.29 is 18.4 Å². The van der Waals surface area contributed by atoms with Crippen LogP contribution in [-0.4, -0.2) is 47.4 Å². The molecule has 0 aromatic carbocycles. The third-order valence-electron chi connectivity index (χ3n) is 2.25. The molecule has 1 aromatic heterocycles. The Morgan fingerprint density at radius 2 is 2.17 bits per heavy atom. The van der Waals surface area contributed by atoms with E-state index < -0.39 is 20.8 Å². The second-order valence-electron chi connectivity index (χ2n) is 3.33. The SMILES string of the molecule is CCN(CCO)S(=O)(=O)c1ccc([N+](=O)[O-])nc1. The Balaban J connectivity index is 3.08. The Kier molecular flexibility index (Phi) is 4.70. The topological polar surface area (TPSA) is 114 Å². The summed E-state index contributed by atoms with van der Waals surface area (Å²) in [5, 5.41) is 19.2. The number of likely N-dealkylation sites (N-methyl/N-ethyl adjacent to an activating group) is 1. The number of sulfonamides is 1. The average molecular weight is 275 g/mol. The maximum absolute atomic E-state index is 12.0. The molecule has 0 amide bonds. The minimum atomic E-state index is -3.77. The highest BCUT2D eigenvalue weighted by Gasteiger charge is 2.24. The molecule has 0 spiro atoms. The molecule has 0 radical (unpaired) electrons. The van der Waals surface area contributed by atoms with Gasteiger partial charge >= 0.3 is 5.82 Å². The van der Waals surface area contributed by atoms with Crippen LogP contribution in [-0.2, 0) is 10.0 Å². The molecule has 0 aliphatic carbocycles. The van der Waals surface area contributed by atoms with Crippen molar-refractivity contribution in [2.75, 3.05) is 19.7 Å². The van der Waals surface area contributed by atoms with E-state index >= 15 is 0 Å². The van der Waals surface area contributed by atoms with E-state index in [1.165, 1.54) is 0 Å². The van der Waals surface area contributed by atoms with Gasteiger partial charge < -0.3 is 15.2 Å². The third-order valence-corrected chi connectivity index (χ3v) is 4.21. The van der Waals surface area contributed by atoms with Crippen molar-refractivity contribution in [1.82, 2.24) is 9.29 Å². The summed E-state index contributed by atoms with van der Waals surface area (Å²) in [6, 6.07) is 2.15. The van der Waals surface area contributed by atoms with Crippen LogP contribution in [0.15, 0.2) is 23.2 Å². The van der Waals surface area contributed by atoms with E-state index in [2.05, 4.69) is 4.98 Å². The van der Waals surface area contributed by atoms with Crippen LogP contribution in [0.3, 0.4) is 0 Å². The van der Waals surface area contributed by atoms with Gasteiger partial charge in [-0.1, -0.05) is 6.92 Å². The van der Waals surface area contributed by atoms with Gasteiger partial charge in [0, 0.05) is 19.2 Å². The summed E-state index contributed by atoms with van der Waals surface area (Å²) in [6.45, 7) is 1.50. The Hall–Kier alpha value is -1.58. The monoisotopic (exact) mass is 275 g/mol. The second-order valence-corrected chi connectivity index (χ2v) is 5.27. The van der Waals surface area contributed by atoms with Crippen LogP contribution < -0.4 is 0 Å². The highest BCUT2D eigenvalue weighted by molar-refractivity contribution is 7.89. The largest absolute Gasteiger partial charge is 0.395 e. The Morgan fingerprint density at radius 3 is 2.56 bits per heavy atom. The predicted molar refractivity (Wildman–Crippen MR) is 62.4 cm³/mol. The Morgan fingerprint density at radius 1 is 1.50 bits per heavy atom. The van der Waals surface area contributed by atoms with Crippen LogP contribution in [0.4, 0.5) is 5.82 Å². The van der Waals surface area contributed by atoms with E-state index in [0.717, 1.165) is 22.6 Å². The van der Waals surface area contributed by atoms with Gasteiger partial charge in [-0.05, 0) is 16.0 Å². The minimum absolute atomic E-state index is 0.0319. The number of hydrogen-bond acceptors (Lipinski definition) is 6. The molecule has 8 nitrogen and oxygen atoms in total. The Bertz CT molecular complexity index is 514. The van der Waals surface area contributed by atoms with E-state index in [1.54, 1.807) is 6.92 Å². The molecule has 0 unspecified atom stereocenters. The minimum Gasteiger partial charge on any atom is -0.395 e. The van der Waals surface area contributed by atoms with Crippen LogP contribution in [0, 0.1) is 10.1 Å². The lowest BCUT2D eigenvalue weighted by Gasteiger charge is -2.18. The Labute approximate surface area is 104 Å². The molecule has 1 heterocycles. The lowest BCUT2D eigenvalue weighted by molar-refractivity contribution is -0.389. The van der Waals surface area contributed by atoms with Gasteiger partial charge in [0.1, 0.15) is 4.90 Å². The molecule has 1 rings (SSSR count). The van der Waals surface area contributed by atoms with Gasteiger partial charge in [0.05, 0.1) is 6.61 Å². The first-order chi connectivity index (χ1) is 8.43. The number of nitro groups is 1. The molecule has 1 N–H and O–H groups in total. The van der Waals surface area contributed by atoms with E-state index in [0.29, 0.717) is 0 Å². The zero-order chi connectivity index (χ0) is 13.8. The molecular weight excluding hydrogens is 262 g/mol. The summed E-state index contributed by atoms with van der Waals surface area (Å²) >= 11 is 0. The quantitative estimate of drug-likeness (QED) is 0.577. The van der Waals surface area contributed by atoms with Gasteiger partial charge in [-0.25, -0.2) is 8.42 Å². The van der Waals surface area contributed by atoms with Crippen molar-refractivity contribution in [2.45, 2.75) is 11.8 Å². The smallest absolute Gasteiger partial charge is 0.363 e. The molecule has 1 aromatic rings. The molecule has 100 valence electrons. The summed E-state index contributed by atoms with van der Waals surface area (Å²) in [5.74, 6) is -0.417. The molecule has 0 atom stereocenters. The van der Waals surface area contributed by atoms with Crippen LogP contribution in [0.2, 0.25) is 0 Å². The number of aromatic nitrogens is 1. The molecule has 0 fully saturated rings. The fourth-order valence-electron chi connectivity index (χ4n) is 1.34. The highest BCUT2D eigenvalue weighted by atomic mass is 32.2. The zero-order valence-electron chi connectivity index (χ0n) is 9.68. The van der Waals surface area contributed by atoms with E-state index in [-0.39, 0.29) is 24.6 Å². The van der Waals surface area contributed by atoms with Crippen LogP contribution >= 0.6 is 0 Å². The van der Waals surface area contributed by atoms with Crippen molar-refractivity contribution in [3.05, 3.63) is 28.4 Å². The molecule has 0 saturated heterocycles. The number of nitrogens with zero attached hydrogens (tertiary/aromatic N) is 3. The zero-order valence-corrected chi connectivity index (χ0v) is 10.5. The second kappa shape index (κ2) is 5.85. The van der Waals surface area contributed by atoms with Gasteiger partial charge in [-0.15, -0.1) is 0 Å². The first kappa shape index (κ1) is 14.5. The van der Waals surface area contributed by atoms with Gasteiger partial charge in [-0.2, -0.15) is 4.31 Å². The highest BCUT2D eigenvalue weighted by Crippen LogP contribution is 2.16. The molecule has 0 aliphatic rings. The first-order valence-electron chi connectivity index (χ1n) is 5.15. The molecule has 0 saturated carbocycles. The number of aliphatic hydroxyl groups excluding tert-OH is 1. The average Bonchev–Trinajstić information content (AvgIpc) is 2.35. The standard InChI is InChI=1S/C9H13N3O5S/c1-2-11(5-6-13)18(16,17)8-3-4-9(10-7-8)12(14)15/h3-4,7,13H,2,5-6H2,1H3. The summed E-state index contributed by atoms with van der Waals surface area (Å²) in [7, 11) is -3.77. The molecular formula is C9H13N3O5S. The number of pyridine rings is 1. The van der Waals surface area contributed by atoms with Crippen molar-refractivity contribution in [2.24, 2.45) is 0 Å². The van der Waals surface area contributed by atoms with Crippen LogP contribution in [0.25, 0.3) is 0 Å². The van der Waals surface area contributed by atoms with Gasteiger partial charge in [-0.3, -0.25) is 0 Å². The first-order valence-corrected chi connectivity index (χ1v) is 6.59. The van der Waals surface area contributed by atoms with Crippen molar-refractivity contribution in [3.8, 4) is 0 Å². The normalized spacial score (nSPS) is 11.7. The fraction of sp³-hybridized carbons (Fsp3) is 0.444.